The molecule has 2 saturated carbocycles. The van der Waals surface area contributed by atoms with Crippen LogP contribution in [0.25, 0.3) is 0 Å². The van der Waals surface area contributed by atoms with Gasteiger partial charge in [0, 0.05) is 37.8 Å². The molecule has 3 rings (SSSR count). The normalized spacial score (nSPS) is 33.4. The van der Waals surface area contributed by atoms with E-state index in [2.05, 4.69) is 16.7 Å². The summed E-state index contributed by atoms with van der Waals surface area (Å²) in [4.78, 5) is 17.4. The predicted octanol–water partition coefficient (Wildman–Crippen LogP) is 2.43. The van der Waals surface area contributed by atoms with Crippen LogP contribution in [0.4, 0.5) is 0 Å². The van der Waals surface area contributed by atoms with Crippen molar-refractivity contribution in [3.8, 4) is 0 Å². The van der Waals surface area contributed by atoms with Gasteiger partial charge in [0.25, 0.3) is 0 Å². The number of piperazine rings is 1. The lowest BCUT2D eigenvalue weighted by Crippen LogP contribution is -2.58. The molecule has 1 saturated heterocycles. The number of carbonyl (C=O) groups is 1. The standard InChI is InChI=1S/C16H29N3O.2ClH/c1-16(17)8-3-2-7-14(16)15(20)19-11-9-18(10-12-19)13-5-4-6-13;;/h13-14H,2-12,17H2,1H3;2*1H. The van der Waals surface area contributed by atoms with E-state index in [9.17, 15) is 4.79 Å². The smallest absolute Gasteiger partial charge is 0.227 e. The summed E-state index contributed by atoms with van der Waals surface area (Å²) >= 11 is 0. The molecule has 1 aliphatic heterocycles. The second-order valence-electron chi connectivity index (χ2n) is 7.25. The Kier molecular flexibility index (Phi) is 7.44. The minimum absolute atomic E-state index is 0. The minimum atomic E-state index is -0.291. The van der Waals surface area contributed by atoms with Gasteiger partial charge in [-0.05, 0) is 32.6 Å². The van der Waals surface area contributed by atoms with E-state index >= 15 is 0 Å². The number of carbonyl (C=O) groups excluding carboxylic acids is 1. The van der Waals surface area contributed by atoms with Gasteiger partial charge >= 0.3 is 0 Å². The van der Waals surface area contributed by atoms with Crippen molar-refractivity contribution in [1.82, 2.24) is 9.80 Å². The maximum atomic E-state index is 12.8. The summed E-state index contributed by atoms with van der Waals surface area (Å²) in [5.41, 5.74) is 6.09. The van der Waals surface area contributed by atoms with Crippen LogP contribution in [0.15, 0.2) is 0 Å². The molecule has 0 bridgehead atoms. The van der Waals surface area contributed by atoms with E-state index in [-0.39, 0.29) is 36.3 Å². The number of hydrogen-bond acceptors (Lipinski definition) is 3. The van der Waals surface area contributed by atoms with Crippen LogP contribution >= 0.6 is 24.8 Å². The summed E-state index contributed by atoms with van der Waals surface area (Å²) in [6, 6.07) is 0.807. The number of hydrogen-bond donors (Lipinski definition) is 1. The molecule has 3 fully saturated rings. The van der Waals surface area contributed by atoms with Gasteiger partial charge in [-0.15, -0.1) is 24.8 Å². The molecule has 0 aromatic carbocycles. The Morgan fingerprint density at radius 2 is 1.64 bits per heavy atom. The molecule has 2 N–H and O–H groups in total. The fourth-order valence-electron chi connectivity index (χ4n) is 4.04. The number of nitrogens with two attached hydrogens (primary N) is 1. The second-order valence-corrected chi connectivity index (χ2v) is 7.25. The highest BCUT2D eigenvalue weighted by molar-refractivity contribution is 5.85. The van der Waals surface area contributed by atoms with Crippen molar-refractivity contribution in [2.45, 2.75) is 63.5 Å². The largest absolute Gasteiger partial charge is 0.340 e. The summed E-state index contributed by atoms with van der Waals surface area (Å²) in [7, 11) is 0. The summed E-state index contributed by atoms with van der Waals surface area (Å²) in [5, 5.41) is 0. The van der Waals surface area contributed by atoms with Crippen LogP contribution in [0.2, 0.25) is 0 Å². The number of halogens is 2. The Hall–Kier alpha value is -0.0300. The predicted molar refractivity (Wildman–Crippen MR) is 94.8 cm³/mol. The minimum Gasteiger partial charge on any atom is -0.340 e. The summed E-state index contributed by atoms with van der Waals surface area (Å²) in [6.07, 6.45) is 8.41. The highest BCUT2D eigenvalue weighted by atomic mass is 35.5. The zero-order chi connectivity index (χ0) is 14.2. The van der Waals surface area contributed by atoms with Gasteiger partial charge in [-0.2, -0.15) is 0 Å². The zero-order valence-corrected chi connectivity index (χ0v) is 15.3. The van der Waals surface area contributed by atoms with E-state index < -0.39 is 0 Å². The lowest BCUT2D eigenvalue weighted by molar-refractivity contribution is -0.141. The van der Waals surface area contributed by atoms with Crippen LogP contribution in [0.1, 0.15) is 51.9 Å². The lowest BCUT2D eigenvalue weighted by Gasteiger charge is -2.45. The van der Waals surface area contributed by atoms with Gasteiger partial charge in [0.2, 0.25) is 5.91 Å². The molecule has 6 heteroatoms. The van der Waals surface area contributed by atoms with E-state index in [0.717, 1.165) is 51.5 Å². The first-order valence-electron chi connectivity index (χ1n) is 8.40. The van der Waals surface area contributed by atoms with Crippen molar-refractivity contribution in [2.24, 2.45) is 11.7 Å². The Bertz CT molecular complexity index is 366. The molecule has 130 valence electrons. The first kappa shape index (κ1) is 20.0. The second kappa shape index (κ2) is 8.18. The fraction of sp³-hybridized carbons (Fsp3) is 0.938. The first-order chi connectivity index (χ1) is 9.58. The van der Waals surface area contributed by atoms with E-state index in [1.54, 1.807) is 0 Å². The average Bonchev–Trinajstić information content (AvgIpc) is 2.36. The van der Waals surface area contributed by atoms with Crippen molar-refractivity contribution >= 4 is 30.7 Å². The van der Waals surface area contributed by atoms with Crippen LogP contribution in [0.5, 0.6) is 0 Å². The molecule has 0 radical (unpaired) electrons. The zero-order valence-electron chi connectivity index (χ0n) is 13.6. The molecule has 4 nitrogen and oxygen atoms in total. The van der Waals surface area contributed by atoms with Gasteiger partial charge in [-0.3, -0.25) is 9.69 Å². The van der Waals surface area contributed by atoms with Gasteiger partial charge in [0.05, 0.1) is 5.92 Å². The van der Waals surface area contributed by atoms with E-state index in [1.807, 2.05) is 0 Å². The van der Waals surface area contributed by atoms with Gasteiger partial charge in [-0.1, -0.05) is 19.3 Å². The van der Waals surface area contributed by atoms with Crippen LogP contribution in [-0.2, 0) is 4.79 Å². The van der Waals surface area contributed by atoms with E-state index in [1.165, 1.54) is 25.7 Å². The van der Waals surface area contributed by atoms with Crippen molar-refractivity contribution in [3.63, 3.8) is 0 Å². The maximum absolute atomic E-state index is 12.8. The molecule has 2 atom stereocenters. The van der Waals surface area contributed by atoms with Crippen LogP contribution < -0.4 is 5.73 Å². The molecule has 1 heterocycles. The van der Waals surface area contributed by atoms with Crippen molar-refractivity contribution in [3.05, 3.63) is 0 Å². The van der Waals surface area contributed by atoms with Gasteiger partial charge in [0.1, 0.15) is 0 Å². The molecular weight excluding hydrogens is 321 g/mol. The summed E-state index contributed by atoms with van der Waals surface area (Å²) < 4.78 is 0. The third-order valence-electron chi connectivity index (χ3n) is 5.77. The van der Waals surface area contributed by atoms with Gasteiger partial charge in [-0.25, -0.2) is 0 Å². The van der Waals surface area contributed by atoms with Gasteiger partial charge < -0.3 is 10.6 Å². The SMILES string of the molecule is CC1(N)CCCCC1C(=O)N1CCN(C2CCC2)CC1.Cl.Cl. The molecule has 2 aliphatic carbocycles. The average molecular weight is 352 g/mol. The molecule has 0 spiro atoms. The molecule has 0 aromatic heterocycles. The molecule has 22 heavy (non-hydrogen) atoms. The molecule has 0 aromatic rings. The fourth-order valence-corrected chi connectivity index (χ4v) is 4.04. The van der Waals surface area contributed by atoms with Crippen molar-refractivity contribution in [2.75, 3.05) is 26.2 Å². The third-order valence-corrected chi connectivity index (χ3v) is 5.77. The lowest BCUT2D eigenvalue weighted by atomic mass is 9.74. The topological polar surface area (TPSA) is 49.6 Å². The summed E-state index contributed by atoms with van der Waals surface area (Å²) in [5.74, 6) is 0.370. The Morgan fingerprint density at radius 3 is 2.14 bits per heavy atom. The van der Waals surface area contributed by atoms with Crippen molar-refractivity contribution in [1.29, 1.82) is 0 Å². The van der Waals surface area contributed by atoms with Crippen LogP contribution in [0, 0.1) is 5.92 Å². The van der Waals surface area contributed by atoms with Crippen LogP contribution in [0.3, 0.4) is 0 Å². The molecular formula is C16H31Cl2N3O. The number of nitrogens with zero attached hydrogens (tertiary/aromatic N) is 2. The van der Waals surface area contributed by atoms with Crippen LogP contribution in [-0.4, -0.2) is 53.5 Å². The Labute approximate surface area is 147 Å². The summed E-state index contributed by atoms with van der Waals surface area (Å²) in [6.45, 7) is 6.00. The molecule has 1 amide bonds. The monoisotopic (exact) mass is 351 g/mol. The van der Waals surface area contributed by atoms with Crippen molar-refractivity contribution < 1.29 is 4.79 Å². The maximum Gasteiger partial charge on any atom is 0.227 e. The number of rotatable bonds is 2. The Morgan fingerprint density at radius 1 is 1.00 bits per heavy atom. The third kappa shape index (κ3) is 4.08. The van der Waals surface area contributed by atoms with Gasteiger partial charge in [0.15, 0.2) is 0 Å². The van der Waals surface area contributed by atoms with E-state index in [4.69, 9.17) is 5.73 Å². The highest BCUT2D eigenvalue weighted by Crippen LogP contribution is 2.33. The molecule has 2 unspecified atom stereocenters. The quantitative estimate of drug-likeness (QED) is 0.830. The Balaban J connectivity index is 0.00000121. The molecule has 3 aliphatic rings. The number of amides is 1. The van der Waals surface area contributed by atoms with E-state index in [0.29, 0.717) is 5.91 Å². The highest BCUT2D eigenvalue weighted by Gasteiger charge is 2.40. The first-order valence-corrected chi connectivity index (χ1v) is 8.40.